The van der Waals surface area contributed by atoms with Crippen LogP contribution in [0.5, 0.6) is 0 Å². The Kier molecular flexibility index (Phi) is 5.29. The molecule has 0 aliphatic carbocycles. The van der Waals surface area contributed by atoms with Gasteiger partial charge in [0.1, 0.15) is 0 Å². The highest BCUT2D eigenvalue weighted by Crippen LogP contribution is 2.22. The van der Waals surface area contributed by atoms with Crippen LogP contribution in [-0.2, 0) is 0 Å². The highest BCUT2D eigenvalue weighted by atomic mass is 15.1. The van der Waals surface area contributed by atoms with Crippen molar-refractivity contribution in [2.75, 3.05) is 6.54 Å². The number of aryl methyl sites for hydroxylation is 2. The fraction of sp³-hybridized carbons (Fsp3) is 0.571. The van der Waals surface area contributed by atoms with E-state index in [1.54, 1.807) is 0 Å². The Hall–Kier alpha value is -1.22. The molecule has 0 amide bonds. The van der Waals surface area contributed by atoms with Gasteiger partial charge in [-0.05, 0) is 51.8 Å². The molecule has 0 bridgehead atoms. The predicted octanol–water partition coefficient (Wildman–Crippen LogP) is 3.10. The Labute approximate surface area is 104 Å². The van der Waals surface area contributed by atoms with Crippen molar-refractivity contribution >= 4 is 0 Å². The fourth-order valence-electron chi connectivity index (χ4n) is 1.88. The third-order valence-electron chi connectivity index (χ3n) is 2.71. The van der Waals surface area contributed by atoms with Gasteiger partial charge in [-0.25, -0.2) is 0 Å². The summed E-state index contributed by atoms with van der Waals surface area (Å²) in [5.41, 5.74) is 4.41. The van der Waals surface area contributed by atoms with Crippen LogP contribution in [0.2, 0.25) is 0 Å². The molecular weight excluding hydrogens is 210 g/mol. The molecule has 0 spiro atoms. The molecule has 0 radical (unpaired) electrons. The van der Waals surface area contributed by atoms with Gasteiger partial charge < -0.3 is 5.32 Å². The smallest absolute Gasteiger partial charge is 0.0648 e. The Balaban J connectivity index is 2.93. The van der Waals surface area contributed by atoms with Crippen LogP contribution in [-0.4, -0.2) is 16.7 Å². The third-order valence-corrected chi connectivity index (χ3v) is 2.71. The summed E-state index contributed by atoms with van der Waals surface area (Å²) in [4.78, 5) is 0. The van der Waals surface area contributed by atoms with Crippen LogP contribution in [0.4, 0.5) is 0 Å². The lowest BCUT2D eigenvalue weighted by Gasteiger charge is -2.20. The molecule has 1 aromatic rings. The maximum absolute atomic E-state index is 4.20. The Morgan fingerprint density at radius 1 is 1.41 bits per heavy atom. The van der Waals surface area contributed by atoms with E-state index in [4.69, 9.17) is 0 Å². The molecule has 17 heavy (non-hydrogen) atoms. The molecule has 1 atom stereocenters. The van der Waals surface area contributed by atoms with Gasteiger partial charge in [0, 0.05) is 6.04 Å². The summed E-state index contributed by atoms with van der Waals surface area (Å²) in [5, 5.41) is 11.8. The molecule has 0 aliphatic rings. The van der Waals surface area contributed by atoms with E-state index < -0.39 is 0 Å². The van der Waals surface area contributed by atoms with E-state index in [0.29, 0.717) is 6.04 Å². The molecule has 94 valence electrons. The minimum atomic E-state index is 0.307. The van der Waals surface area contributed by atoms with Crippen LogP contribution in [0, 0.1) is 13.8 Å². The lowest BCUT2D eigenvalue weighted by Crippen LogP contribution is -2.23. The Morgan fingerprint density at radius 3 is 2.71 bits per heavy atom. The zero-order chi connectivity index (χ0) is 12.8. The van der Waals surface area contributed by atoms with Crippen LogP contribution in [0.1, 0.15) is 49.7 Å². The molecule has 1 heterocycles. The lowest BCUT2D eigenvalue weighted by molar-refractivity contribution is 0.522. The summed E-state index contributed by atoms with van der Waals surface area (Å²) in [5.74, 6) is 0. The van der Waals surface area contributed by atoms with Gasteiger partial charge in [0.25, 0.3) is 0 Å². The minimum absolute atomic E-state index is 0.307. The summed E-state index contributed by atoms with van der Waals surface area (Å²) < 4.78 is 0. The van der Waals surface area contributed by atoms with Crippen LogP contribution >= 0.6 is 0 Å². The van der Waals surface area contributed by atoms with Crippen LogP contribution < -0.4 is 5.32 Å². The van der Waals surface area contributed by atoms with Crippen molar-refractivity contribution in [3.05, 3.63) is 35.2 Å². The van der Waals surface area contributed by atoms with Crippen LogP contribution in [0.3, 0.4) is 0 Å². The summed E-state index contributed by atoms with van der Waals surface area (Å²) in [7, 11) is 0. The number of hydrogen-bond donors (Lipinski definition) is 1. The monoisotopic (exact) mass is 233 g/mol. The molecule has 0 saturated heterocycles. The van der Waals surface area contributed by atoms with Crippen molar-refractivity contribution in [2.45, 2.75) is 46.6 Å². The number of rotatable bonds is 6. The number of hydrogen-bond acceptors (Lipinski definition) is 3. The zero-order valence-electron chi connectivity index (χ0n) is 11.4. The molecule has 0 aromatic carbocycles. The Morgan fingerprint density at radius 2 is 2.12 bits per heavy atom. The standard InChI is InChI=1S/C14H23N3/c1-6-7-15-14(8-10(2)3)13-9-11(4)16-17-12(13)5/h9,14-15H,2,6-8H2,1,3-5H3. The first-order valence-electron chi connectivity index (χ1n) is 6.23. The molecule has 3 heteroatoms. The van der Waals surface area contributed by atoms with E-state index in [9.17, 15) is 0 Å². The largest absolute Gasteiger partial charge is 0.310 e. The quantitative estimate of drug-likeness (QED) is 0.767. The van der Waals surface area contributed by atoms with Crippen molar-refractivity contribution in [3.63, 3.8) is 0 Å². The van der Waals surface area contributed by atoms with E-state index >= 15 is 0 Å². The molecule has 0 aliphatic heterocycles. The number of nitrogens with one attached hydrogen (secondary N) is 1. The van der Waals surface area contributed by atoms with E-state index in [0.717, 1.165) is 30.8 Å². The predicted molar refractivity (Wildman–Crippen MR) is 72.0 cm³/mol. The SMILES string of the molecule is C=C(C)CC(NCCC)c1cc(C)nnc1C. The van der Waals surface area contributed by atoms with Crippen molar-refractivity contribution < 1.29 is 0 Å². The highest BCUT2D eigenvalue weighted by Gasteiger charge is 2.14. The average Bonchev–Trinajstić information content (AvgIpc) is 2.27. The molecule has 1 N–H and O–H groups in total. The second-order valence-corrected chi connectivity index (χ2v) is 4.69. The van der Waals surface area contributed by atoms with Gasteiger partial charge in [0.2, 0.25) is 0 Å². The lowest BCUT2D eigenvalue weighted by atomic mass is 9.99. The van der Waals surface area contributed by atoms with Crippen molar-refractivity contribution in [1.29, 1.82) is 0 Å². The molecular formula is C14H23N3. The van der Waals surface area contributed by atoms with Crippen molar-refractivity contribution in [1.82, 2.24) is 15.5 Å². The minimum Gasteiger partial charge on any atom is -0.310 e. The van der Waals surface area contributed by atoms with Gasteiger partial charge in [0.15, 0.2) is 0 Å². The van der Waals surface area contributed by atoms with E-state index in [2.05, 4.69) is 42.0 Å². The first-order chi connectivity index (χ1) is 8.04. The van der Waals surface area contributed by atoms with Crippen molar-refractivity contribution in [3.8, 4) is 0 Å². The first-order valence-corrected chi connectivity index (χ1v) is 6.23. The molecule has 1 unspecified atom stereocenters. The van der Waals surface area contributed by atoms with Gasteiger partial charge in [-0.1, -0.05) is 12.5 Å². The van der Waals surface area contributed by atoms with Gasteiger partial charge in [-0.2, -0.15) is 10.2 Å². The van der Waals surface area contributed by atoms with Crippen molar-refractivity contribution in [2.24, 2.45) is 0 Å². The average molecular weight is 233 g/mol. The molecule has 1 rings (SSSR count). The molecule has 1 aromatic heterocycles. The third kappa shape index (κ3) is 4.27. The van der Waals surface area contributed by atoms with E-state index in [1.165, 1.54) is 11.1 Å². The summed E-state index contributed by atoms with van der Waals surface area (Å²) in [6.07, 6.45) is 2.08. The molecule has 0 saturated carbocycles. The van der Waals surface area contributed by atoms with Gasteiger partial charge in [-0.3, -0.25) is 0 Å². The maximum Gasteiger partial charge on any atom is 0.0648 e. The summed E-state index contributed by atoms with van der Waals surface area (Å²) in [6.45, 7) is 13.3. The van der Waals surface area contributed by atoms with Gasteiger partial charge in [0.05, 0.1) is 11.4 Å². The number of nitrogens with zero attached hydrogens (tertiary/aromatic N) is 2. The first kappa shape index (κ1) is 13.8. The summed E-state index contributed by atoms with van der Waals surface area (Å²) >= 11 is 0. The number of aromatic nitrogens is 2. The maximum atomic E-state index is 4.20. The second-order valence-electron chi connectivity index (χ2n) is 4.69. The van der Waals surface area contributed by atoms with Crippen LogP contribution in [0.25, 0.3) is 0 Å². The highest BCUT2D eigenvalue weighted by molar-refractivity contribution is 5.25. The molecule has 0 fully saturated rings. The van der Waals surface area contributed by atoms with E-state index in [1.807, 2.05) is 13.8 Å². The summed E-state index contributed by atoms with van der Waals surface area (Å²) in [6, 6.07) is 2.43. The fourth-order valence-corrected chi connectivity index (χ4v) is 1.88. The zero-order valence-corrected chi connectivity index (χ0v) is 11.4. The second kappa shape index (κ2) is 6.50. The van der Waals surface area contributed by atoms with E-state index in [-0.39, 0.29) is 0 Å². The topological polar surface area (TPSA) is 37.8 Å². The molecule has 3 nitrogen and oxygen atoms in total. The Bertz CT molecular complexity index is 385. The van der Waals surface area contributed by atoms with Gasteiger partial charge >= 0.3 is 0 Å². The normalized spacial score (nSPS) is 12.5. The van der Waals surface area contributed by atoms with Gasteiger partial charge in [-0.15, -0.1) is 6.58 Å². The van der Waals surface area contributed by atoms with Crippen LogP contribution in [0.15, 0.2) is 18.2 Å².